The number of alkyl carbamates (subject to hydrolysis) is 2. The molecule has 2 amide bonds. The number of rotatable bonds is 10. The summed E-state index contributed by atoms with van der Waals surface area (Å²) >= 11 is 0. The number of amides is 2. The van der Waals surface area contributed by atoms with E-state index in [2.05, 4.69) is 28.8 Å². The number of nitrogens with one attached hydrogen (secondary N) is 2. The van der Waals surface area contributed by atoms with Crippen LogP contribution in [-0.2, 0) is 33.9 Å². The summed E-state index contributed by atoms with van der Waals surface area (Å²) in [5.41, 5.74) is 6.57. The van der Waals surface area contributed by atoms with Gasteiger partial charge in [-0.1, -0.05) is 72.8 Å². The molecule has 3 aromatic rings. The highest BCUT2D eigenvalue weighted by Gasteiger charge is 2.22. The maximum Gasteiger partial charge on any atom is 0.408 e. The summed E-state index contributed by atoms with van der Waals surface area (Å²) in [4.78, 5) is 35.6. The lowest BCUT2D eigenvalue weighted by Gasteiger charge is -2.15. The third-order valence-corrected chi connectivity index (χ3v) is 6.05. The molecule has 186 valence electrons. The maximum atomic E-state index is 12.2. The van der Waals surface area contributed by atoms with Gasteiger partial charge >= 0.3 is 18.2 Å². The van der Waals surface area contributed by atoms with Crippen LogP contribution in [0.5, 0.6) is 0 Å². The van der Waals surface area contributed by atoms with Gasteiger partial charge in [-0.15, -0.1) is 0 Å². The Morgan fingerprint density at radius 3 is 2.36 bits per heavy atom. The lowest BCUT2D eigenvalue weighted by Crippen LogP contribution is -2.41. The highest BCUT2D eigenvalue weighted by atomic mass is 16.6. The molecule has 0 spiro atoms. The van der Waals surface area contributed by atoms with Gasteiger partial charge < -0.3 is 25.2 Å². The Bertz CT molecular complexity index is 1230. The molecule has 0 bridgehead atoms. The second-order valence-electron chi connectivity index (χ2n) is 8.52. The van der Waals surface area contributed by atoms with Crippen molar-refractivity contribution in [2.75, 3.05) is 6.54 Å². The van der Waals surface area contributed by atoms with E-state index < -0.39 is 24.2 Å². The first-order valence-corrected chi connectivity index (χ1v) is 11.8. The molecule has 36 heavy (non-hydrogen) atoms. The van der Waals surface area contributed by atoms with Gasteiger partial charge in [-0.25, -0.2) is 14.4 Å². The Morgan fingerprint density at radius 2 is 1.56 bits per heavy atom. The van der Waals surface area contributed by atoms with E-state index in [0.717, 1.165) is 17.5 Å². The SMILES string of the molecule is O=C(NCCC[C@H](NC(=O)OCc1ccccc1)C(=O)O)OCc1cccc2c1Cc1ccccc1-2. The molecule has 0 saturated carbocycles. The van der Waals surface area contributed by atoms with Crippen molar-refractivity contribution in [1.82, 2.24) is 10.6 Å². The predicted molar refractivity (Wildman–Crippen MR) is 133 cm³/mol. The summed E-state index contributed by atoms with van der Waals surface area (Å²) < 4.78 is 10.5. The smallest absolute Gasteiger partial charge is 0.408 e. The van der Waals surface area contributed by atoms with Crippen molar-refractivity contribution in [1.29, 1.82) is 0 Å². The summed E-state index contributed by atoms with van der Waals surface area (Å²) in [5.74, 6) is -1.17. The van der Waals surface area contributed by atoms with Gasteiger partial charge in [-0.05, 0) is 52.6 Å². The number of hydrogen-bond donors (Lipinski definition) is 3. The van der Waals surface area contributed by atoms with Crippen LogP contribution < -0.4 is 10.6 Å². The molecule has 0 aromatic heterocycles. The Balaban J connectivity index is 1.17. The average Bonchev–Trinajstić information content (AvgIpc) is 3.28. The van der Waals surface area contributed by atoms with E-state index in [-0.39, 0.29) is 26.2 Å². The fourth-order valence-electron chi connectivity index (χ4n) is 4.21. The van der Waals surface area contributed by atoms with Crippen molar-refractivity contribution >= 4 is 18.2 Å². The Kier molecular flexibility index (Phi) is 8.18. The van der Waals surface area contributed by atoms with E-state index in [1.165, 1.54) is 22.3 Å². The van der Waals surface area contributed by atoms with Crippen LogP contribution in [-0.4, -0.2) is 35.8 Å². The van der Waals surface area contributed by atoms with E-state index in [4.69, 9.17) is 9.47 Å². The number of benzene rings is 3. The predicted octanol–water partition coefficient (Wildman–Crippen LogP) is 4.64. The highest BCUT2D eigenvalue weighted by molar-refractivity contribution is 5.80. The van der Waals surface area contributed by atoms with E-state index in [1.807, 2.05) is 42.5 Å². The minimum Gasteiger partial charge on any atom is -0.480 e. The topological polar surface area (TPSA) is 114 Å². The first-order valence-electron chi connectivity index (χ1n) is 11.8. The third-order valence-electron chi connectivity index (χ3n) is 6.05. The molecule has 0 fully saturated rings. The van der Waals surface area contributed by atoms with E-state index in [9.17, 15) is 19.5 Å². The van der Waals surface area contributed by atoms with E-state index >= 15 is 0 Å². The number of hydrogen-bond acceptors (Lipinski definition) is 5. The number of aliphatic carboxylic acids is 1. The van der Waals surface area contributed by atoms with Gasteiger partial charge in [-0.3, -0.25) is 0 Å². The fraction of sp³-hybridized carbons (Fsp3) is 0.250. The van der Waals surface area contributed by atoms with Crippen LogP contribution in [0.15, 0.2) is 72.8 Å². The average molecular weight is 489 g/mol. The second-order valence-corrected chi connectivity index (χ2v) is 8.52. The van der Waals surface area contributed by atoms with Gasteiger partial charge in [0.2, 0.25) is 0 Å². The van der Waals surface area contributed by atoms with Crippen LogP contribution in [0.4, 0.5) is 9.59 Å². The fourth-order valence-corrected chi connectivity index (χ4v) is 4.21. The normalized spacial score (nSPS) is 12.1. The maximum absolute atomic E-state index is 12.2. The third kappa shape index (κ3) is 6.41. The van der Waals surface area contributed by atoms with Crippen LogP contribution in [0.1, 0.15) is 35.1 Å². The molecule has 3 N–H and O–H groups in total. The molecule has 0 saturated heterocycles. The summed E-state index contributed by atoms with van der Waals surface area (Å²) in [5, 5.41) is 14.4. The number of ether oxygens (including phenoxy) is 2. The molecule has 8 nitrogen and oxygen atoms in total. The molecule has 1 aliphatic carbocycles. The van der Waals surface area contributed by atoms with Gasteiger partial charge in [-0.2, -0.15) is 0 Å². The van der Waals surface area contributed by atoms with Crippen molar-refractivity contribution in [3.05, 3.63) is 95.1 Å². The molecule has 0 aliphatic heterocycles. The summed E-state index contributed by atoms with van der Waals surface area (Å²) in [6, 6.07) is 22.2. The molecule has 3 aromatic carbocycles. The first-order chi connectivity index (χ1) is 17.5. The Labute approximate surface area is 209 Å². The standard InChI is InChI=1S/C28H28N2O6/c31-26(32)25(30-28(34)35-17-19-8-2-1-3-9-19)14-7-15-29-27(33)36-18-21-11-6-13-23-22-12-5-4-10-20(22)16-24(21)23/h1-6,8-13,25H,7,14-18H2,(H,29,33)(H,30,34)(H,31,32)/t25-/m0/s1. The van der Waals surface area contributed by atoms with Crippen LogP contribution >= 0.6 is 0 Å². The second kappa shape index (κ2) is 11.9. The molecule has 4 rings (SSSR count). The molecule has 1 aliphatic rings. The summed E-state index contributed by atoms with van der Waals surface area (Å²) in [7, 11) is 0. The number of carboxylic acids is 1. The quantitative estimate of drug-likeness (QED) is 0.280. The van der Waals surface area contributed by atoms with Crippen LogP contribution in [0, 0.1) is 0 Å². The zero-order valence-corrected chi connectivity index (χ0v) is 19.7. The number of carboxylic acid groups (broad SMARTS) is 1. The van der Waals surface area contributed by atoms with Gasteiger partial charge in [0.25, 0.3) is 0 Å². The number of carbonyl (C=O) groups excluding carboxylic acids is 2. The van der Waals surface area contributed by atoms with Crippen LogP contribution in [0.2, 0.25) is 0 Å². The Morgan fingerprint density at radius 1 is 0.833 bits per heavy atom. The zero-order valence-electron chi connectivity index (χ0n) is 19.7. The minimum absolute atomic E-state index is 0.0448. The van der Waals surface area contributed by atoms with E-state index in [0.29, 0.717) is 6.42 Å². The first kappa shape index (κ1) is 24.8. The molecule has 8 heteroatoms. The largest absolute Gasteiger partial charge is 0.480 e. The Hall–Kier alpha value is -4.33. The monoisotopic (exact) mass is 488 g/mol. The molecule has 1 atom stereocenters. The molecule has 0 heterocycles. The van der Waals surface area contributed by atoms with Crippen molar-refractivity contribution in [2.45, 2.75) is 38.5 Å². The van der Waals surface area contributed by atoms with Crippen LogP contribution in [0.3, 0.4) is 0 Å². The van der Waals surface area contributed by atoms with Gasteiger partial charge in [0.1, 0.15) is 19.3 Å². The highest BCUT2D eigenvalue weighted by Crippen LogP contribution is 2.38. The molecular weight excluding hydrogens is 460 g/mol. The molecule has 0 radical (unpaired) electrons. The van der Waals surface area contributed by atoms with E-state index in [1.54, 1.807) is 12.1 Å². The van der Waals surface area contributed by atoms with Crippen molar-refractivity contribution in [3.63, 3.8) is 0 Å². The van der Waals surface area contributed by atoms with Gasteiger partial charge in [0.15, 0.2) is 0 Å². The summed E-state index contributed by atoms with van der Waals surface area (Å²) in [6.07, 6.45) is -0.118. The number of fused-ring (bicyclic) bond motifs is 3. The lowest BCUT2D eigenvalue weighted by atomic mass is 10.0. The van der Waals surface area contributed by atoms with Crippen LogP contribution in [0.25, 0.3) is 11.1 Å². The summed E-state index contributed by atoms with van der Waals surface area (Å²) in [6.45, 7) is 0.403. The van der Waals surface area contributed by atoms with Gasteiger partial charge in [0, 0.05) is 6.54 Å². The molecular formula is C28H28N2O6. The zero-order chi connectivity index (χ0) is 25.3. The van der Waals surface area contributed by atoms with Crippen molar-refractivity contribution < 1.29 is 29.0 Å². The molecule has 0 unspecified atom stereocenters. The number of carbonyl (C=O) groups is 3. The lowest BCUT2D eigenvalue weighted by molar-refractivity contribution is -0.139. The van der Waals surface area contributed by atoms with Gasteiger partial charge in [0.05, 0.1) is 0 Å². The van der Waals surface area contributed by atoms with Crippen molar-refractivity contribution in [3.8, 4) is 11.1 Å². The van der Waals surface area contributed by atoms with Crippen molar-refractivity contribution in [2.24, 2.45) is 0 Å². The minimum atomic E-state index is -1.17.